The van der Waals surface area contributed by atoms with Crippen LogP contribution >= 0.6 is 11.3 Å². The molecule has 3 saturated carbocycles. The second-order valence-corrected chi connectivity index (χ2v) is 17.1. The highest BCUT2D eigenvalue weighted by Crippen LogP contribution is 2.55. The standard InChI is InChI=1S/C28H39N5O4S.C7H12F2O.H2/c1-4-20(24(36)31-9-7-27(5-6-27)8-10-31)30-22(34)19-13-32(25(37)21-12-29-17-38-21)14-28(19)15-33(16-28)23(35)18-11-26(18,2)3;8-7(9)3-1-6(5-10)2-4-7;/h12,17-20H,4-11,13-16H2,1-3H3,(H,30,34);6,10H,1-5H2;1H/t18-,19+,20+;;/m1../s1. The molecule has 3 atom stereocenters. The van der Waals surface area contributed by atoms with E-state index in [1.165, 1.54) is 24.2 Å². The summed E-state index contributed by atoms with van der Waals surface area (Å²) in [5.74, 6) is -2.89. The van der Waals surface area contributed by atoms with Crippen LogP contribution < -0.4 is 5.32 Å². The van der Waals surface area contributed by atoms with Gasteiger partial charge in [0, 0.05) is 71.5 Å². The number of alkyl halides is 2. The average molecular weight is 694 g/mol. The maximum atomic E-state index is 13.8. The molecule has 0 radical (unpaired) electrons. The Labute approximate surface area is 287 Å². The third-order valence-electron chi connectivity index (χ3n) is 12.2. The fourth-order valence-electron chi connectivity index (χ4n) is 8.25. The zero-order chi connectivity index (χ0) is 34.5. The number of hydrogen-bond donors (Lipinski definition) is 2. The molecule has 6 aliphatic rings. The molecule has 3 aliphatic carbocycles. The lowest BCUT2D eigenvalue weighted by atomic mass is 9.70. The normalized spacial score (nSPS) is 28.2. The van der Waals surface area contributed by atoms with Crippen LogP contribution in [0.2, 0.25) is 0 Å². The molecule has 2 N–H and O–H groups in total. The van der Waals surface area contributed by atoms with E-state index in [2.05, 4.69) is 24.1 Å². The Morgan fingerprint density at radius 3 is 2.15 bits per heavy atom. The summed E-state index contributed by atoms with van der Waals surface area (Å²) in [5.41, 5.74) is 1.68. The van der Waals surface area contributed by atoms with Gasteiger partial charge in [0.2, 0.25) is 23.6 Å². The minimum atomic E-state index is -2.45. The number of carbonyl (C=O) groups excluding carboxylic acids is 4. The van der Waals surface area contributed by atoms with Gasteiger partial charge >= 0.3 is 0 Å². The smallest absolute Gasteiger partial charge is 0.265 e. The van der Waals surface area contributed by atoms with Gasteiger partial charge < -0.3 is 25.1 Å². The van der Waals surface area contributed by atoms with Gasteiger partial charge in [-0.25, -0.2) is 8.78 Å². The van der Waals surface area contributed by atoms with Crippen molar-refractivity contribution in [2.75, 3.05) is 45.9 Å². The minimum absolute atomic E-state index is 0. The highest BCUT2D eigenvalue weighted by Gasteiger charge is 2.62. The van der Waals surface area contributed by atoms with Crippen molar-refractivity contribution in [2.45, 2.75) is 96.9 Å². The second-order valence-electron chi connectivity index (χ2n) is 16.2. The minimum Gasteiger partial charge on any atom is -0.396 e. The van der Waals surface area contributed by atoms with E-state index in [1.54, 1.807) is 16.6 Å². The van der Waals surface area contributed by atoms with Crippen LogP contribution in [0, 0.1) is 34.0 Å². The predicted octanol–water partition coefficient (Wildman–Crippen LogP) is 4.44. The van der Waals surface area contributed by atoms with Crippen molar-refractivity contribution in [1.82, 2.24) is 25.0 Å². The lowest BCUT2D eigenvalue weighted by molar-refractivity contribution is -0.152. The molecule has 6 fully saturated rings. The van der Waals surface area contributed by atoms with Crippen LogP contribution in [0.15, 0.2) is 11.7 Å². The van der Waals surface area contributed by atoms with Gasteiger partial charge in [0.05, 0.1) is 17.6 Å². The van der Waals surface area contributed by atoms with Gasteiger partial charge in [0.1, 0.15) is 10.9 Å². The summed E-state index contributed by atoms with van der Waals surface area (Å²) in [7, 11) is 0. The van der Waals surface area contributed by atoms with Crippen LogP contribution in [0.1, 0.15) is 96.1 Å². The lowest BCUT2D eigenvalue weighted by Gasteiger charge is -2.50. The molecule has 48 heavy (non-hydrogen) atoms. The Balaban J connectivity index is 0.000000368. The summed E-state index contributed by atoms with van der Waals surface area (Å²) >= 11 is 1.29. The van der Waals surface area contributed by atoms with Gasteiger partial charge in [-0.1, -0.05) is 20.8 Å². The summed E-state index contributed by atoms with van der Waals surface area (Å²) in [6, 6.07) is -0.566. The van der Waals surface area contributed by atoms with Crippen LogP contribution in [0.3, 0.4) is 0 Å². The monoisotopic (exact) mass is 693 g/mol. The van der Waals surface area contributed by atoms with E-state index >= 15 is 0 Å². The number of aromatic nitrogens is 1. The quantitative estimate of drug-likeness (QED) is 0.436. The van der Waals surface area contributed by atoms with Gasteiger partial charge in [-0.3, -0.25) is 24.2 Å². The number of halogens is 2. The summed E-state index contributed by atoms with van der Waals surface area (Å²) in [6.45, 7) is 9.42. The number of hydrogen-bond acceptors (Lipinski definition) is 7. The molecule has 4 amide bonds. The predicted molar refractivity (Wildman–Crippen MR) is 178 cm³/mol. The van der Waals surface area contributed by atoms with Crippen molar-refractivity contribution < 1.29 is 34.5 Å². The Hall–Kier alpha value is -2.67. The number of aliphatic hydroxyl groups excluding tert-OH is 1. The third kappa shape index (κ3) is 7.27. The molecule has 268 valence electrons. The Morgan fingerprint density at radius 2 is 1.62 bits per heavy atom. The summed E-state index contributed by atoms with van der Waals surface area (Å²) in [5, 5.41) is 11.7. The lowest BCUT2D eigenvalue weighted by Crippen LogP contribution is -2.65. The fraction of sp³-hybridized carbons (Fsp3) is 0.800. The van der Waals surface area contributed by atoms with Crippen molar-refractivity contribution >= 4 is 35.0 Å². The Kier molecular flexibility index (Phi) is 9.69. The fourth-order valence-corrected chi connectivity index (χ4v) is 8.84. The molecule has 0 unspecified atom stereocenters. The Morgan fingerprint density at radius 1 is 1.00 bits per heavy atom. The van der Waals surface area contributed by atoms with Gasteiger partial charge in [-0.2, -0.15) is 0 Å². The third-order valence-corrected chi connectivity index (χ3v) is 13.0. The van der Waals surface area contributed by atoms with Crippen LogP contribution in [0.25, 0.3) is 0 Å². The van der Waals surface area contributed by atoms with E-state index in [0.29, 0.717) is 49.2 Å². The molecule has 13 heteroatoms. The van der Waals surface area contributed by atoms with E-state index < -0.39 is 23.3 Å². The largest absolute Gasteiger partial charge is 0.396 e. The molecular formula is C35H53F2N5O5S. The average Bonchev–Trinajstić information content (AvgIpc) is 3.74. The molecule has 3 aliphatic heterocycles. The Bertz CT molecular complexity index is 1370. The first kappa shape index (κ1) is 35.2. The van der Waals surface area contributed by atoms with Crippen molar-refractivity contribution in [3.8, 4) is 0 Å². The molecule has 1 aromatic heterocycles. The molecular weight excluding hydrogens is 640 g/mol. The zero-order valence-corrected chi connectivity index (χ0v) is 29.3. The van der Waals surface area contributed by atoms with Gasteiger partial charge in [0.15, 0.2) is 0 Å². The molecule has 0 bridgehead atoms. The first-order valence-corrected chi connectivity index (χ1v) is 18.6. The van der Waals surface area contributed by atoms with Gasteiger partial charge in [-0.05, 0) is 68.1 Å². The summed E-state index contributed by atoms with van der Waals surface area (Å²) < 4.78 is 24.9. The summed E-state index contributed by atoms with van der Waals surface area (Å²) in [4.78, 5) is 63.5. The maximum Gasteiger partial charge on any atom is 0.265 e. The topological polar surface area (TPSA) is 123 Å². The number of aliphatic hydroxyl groups is 1. The van der Waals surface area contributed by atoms with E-state index in [1.807, 2.05) is 16.7 Å². The molecule has 3 saturated heterocycles. The van der Waals surface area contributed by atoms with Gasteiger partial charge in [0.25, 0.3) is 5.91 Å². The molecule has 4 heterocycles. The van der Waals surface area contributed by atoms with Crippen LogP contribution in [-0.2, 0) is 14.4 Å². The highest BCUT2D eigenvalue weighted by molar-refractivity contribution is 7.11. The molecule has 1 aromatic rings. The van der Waals surface area contributed by atoms with E-state index in [4.69, 9.17) is 5.11 Å². The SMILES string of the molecule is CC[C@H](NC(=O)[C@@H]1CN(C(=O)c2cncs2)CC12CN(C(=O)[C@H]1CC1(C)C)C2)C(=O)N1CCC2(CC1)CC2.OCC1CCC(F)(F)CC1.[HH]. The number of likely N-dealkylation sites (tertiary alicyclic amines) is 3. The second kappa shape index (κ2) is 13.2. The number of nitrogens with zero attached hydrogens (tertiary/aromatic N) is 4. The van der Waals surface area contributed by atoms with Crippen molar-refractivity contribution in [3.63, 3.8) is 0 Å². The van der Waals surface area contributed by atoms with Crippen LogP contribution in [0.4, 0.5) is 8.78 Å². The zero-order valence-electron chi connectivity index (χ0n) is 28.5. The number of amides is 4. The van der Waals surface area contributed by atoms with E-state index in [0.717, 1.165) is 32.4 Å². The maximum absolute atomic E-state index is 13.8. The first-order valence-electron chi connectivity index (χ1n) is 17.7. The van der Waals surface area contributed by atoms with Crippen molar-refractivity contribution in [1.29, 1.82) is 0 Å². The highest BCUT2D eigenvalue weighted by atomic mass is 32.1. The first-order chi connectivity index (χ1) is 22.7. The number of carbonyl (C=O) groups is 4. The number of nitrogens with one attached hydrogen (secondary N) is 1. The number of piperidine rings is 1. The summed E-state index contributed by atoms with van der Waals surface area (Å²) in [6.07, 6.45) is 8.53. The molecule has 10 nitrogen and oxygen atoms in total. The molecule has 0 aromatic carbocycles. The van der Waals surface area contributed by atoms with Crippen LogP contribution in [0.5, 0.6) is 0 Å². The van der Waals surface area contributed by atoms with E-state index in [9.17, 15) is 28.0 Å². The van der Waals surface area contributed by atoms with Crippen molar-refractivity contribution in [2.24, 2.45) is 34.0 Å². The van der Waals surface area contributed by atoms with Crippen molar-refractivity contribution in [3.05, 3.63) is 16.6 Å². The van der Waals surface area contributed by atoms with Gasteiger partial charge in [-0.15, -0.1) is 11.3 Å². The number of thiazole rings is 1. The molecule has 7 rings (SSSR count). The van der Waals surface area contributed by atoms with Crippen LogP contribution in [-0.4, -0.2) is 106 Å². The van der Waals surface area contributed by atoms with E-state index in [-0.39, 0.29) is 68.3 Å². The number of rotatable bonds is 7. The molecule has 2 spiro atoms.